The number of carbonyl (C=O) groups excluding carboxylic acids is 2. The number of benzene rings is 1. The molecule has 1 fully saturated rings. The third-order valence-electron chi connectivity index (χ3n) is 6.14. The Morgan fingerprint density at radius 2 is 1.97 bits per heavy atom. The molecule has 0 radical (unpaired) electrons. The maximum atomic E-state index is 13.6. The van der Waals surface area contributed by atoms with Crippen LogP contribution in [0.1, 0.15) is 48.4 Å². The van der Waals surface area contributed by atoms with Gasteiger partial charge in [-0.15, -0.1) is 21.8 Å². The molecule has 0 saturated heterocycles. The summed E-state index contributed by atoms with van der Waals surface area (Å²) in [6, 6.07) is 7.33. The third kappa shape index (κ3) is 3.06. The van der Waals surface area contributed by atoms with Crippen molar-refractivity contribution in [1.29, 1.82) is 0 Å². The van der Waals surface area contributed by atoms with Gasteiger partial charge in [0.15, 0.2) is 11.5 Å². The minimum Gasteiger partial charge on any atom is -0.483 e. The summed E-state index contributed by atoms with van der Waals surface area (Å²) >= 11 is 7.75. The van der Waals surface area contributed by atoms with E-state index in [9.17, 15) is 9.59 Å². The average molecular weight is 444 g/mol. The van der Waals surface area contributed by atoms with E-state index in [2.05, 4.69) is 10.2 Å². The second kappa shape index (κ2) is 7.46. The highest BCUT2D eigenvalue weighted by Crippen LogP contribution is 2.49. The number of anilines is 1. The number of aryl methyl sites for hydroxylation is 2. The van der Waals surface area contributed by atoms with Gasteiger partial charge in [0.05, 0.1) is 17.5 Å². The summed E-state index contributed by atoms with van der Waals surface area (Å²) in [7, 11) is 0. The number of amides is 1. The van der Waals surface area contributed by atoms with Crippen molar-refractivity contribution in [1.82, 2.24) is 10.2 Å². The van der Waals surface area contributed by atoms with Gasteiger partial charge < -0.3 is 4.74 Å². The van der Waals surface area contributed by atoms with Gasteiger partial charge in [-0.3, -0.25) is 14.5 Å². The Bertz CT molecular complexity index is 1050. The zero-order chi connectivity index (χ0) is 21.0. The van der Waals surface area contributed by atoms with Crippen molar-refractivity contribution in [3.05, 3.63) is 51.7 Å². The van der Waals surface area contributed by atoms with Crippen molar-refractivity contribution in [3.63, 3.8) is 0 Å². The number of halogens is 1. The van der Waals surface area contributed by atoms with E-state index in [4.69, 9.17) is 16.3 Å². The molecule has 0 bridgehead atoms. The van der Waals surface area contributed by atoms with Crippen LogP contribution >= 0.6 is 22.9 Å². The minimum absolute atomic E-state index is 0.0201. The molecule has 1 aromatic carbocycles. The van der Waals surface area contributed by atoms with Gasteiger partial charge in [-0.25, -0.2) is 0 Å². The molecule has 0 N–H and O–H groups in total. The molecule has 8 heteroatoms. The first-order valence-electron chi connectivity index (χ1n) is 10.3. The number of carbonyl (C=O) groups is 2. The number of ketones is 1. The van der Waals surface area contributed by atoms with E-state index in [0.717, 1.165) is 29.0 Å². The Hall–Kier alpha value is -2.25. The van der Waals surface area contributed by atoms with Gasteiger partial charge in [0.1, 0.15) is 11.1 Å². The molecule has 2 aromatic rings. The summed E-state index contributed by atoms with van der Waals surface area (Å²) in [5.74, 6) is -0.461. The normalized spacial score (nSPS) is 28.4. The molecule has 4 atom stereocenters. The number of aromatic nitrogens is 2. The van der Waals surface area contributed by atoms with Crippen LogP contribution in [0.15, 0.2) is 35.6 Å². The number of ether oxygens (including phenoxy) is 1. The van der Waals surface area contributed by atoms with Crippen LogP contribution < -0.4 is 4.90 Å². The monoisotopic (exact) mass is 443 g/mol. The van der Waals surface area contributed by atoms with E-state index in [1.807, 2.05) is 38.1 Å². The highest BCUT2D eigenvalue weighted by Gasteiger charge is 2.53. The predicted octanol–water partition coefficient (Wildman–Crippen LogP) is 4.13. The second-order valence-electron chi connectivity index (χ2n) is 8.10. The van der Waals surface area contributed by atoms with Crippen LogP contribution in [0.25, 0.3) is 0 Å². The lowest BCUT2D eigenvalue weighted by atomic mass is 9.77. The first-order valence-corrected chi connectivity index (χ1v) is 11.5. The molecule has 1 saturated carbocycles. The van der Waals surface area contributed by atoms with Crippen molar-refractivity contribution in [3.8, 4) is 0 Å². The second-order valence-corrected chi connectivity index (χ2v) is 9.76. The van der Waals surface area contributed by atoms with Crippen molar-refractivity contribution < 1.29 is 14.3 Å². The molecule has 2 aliphatic heterocycles. The van der Waals surface area contributed by atoms with Gasteiger partial charge >= 0.3 is 0 Å². The van der Waals surface area contributed by atoms with E-state index in [1.165, 1.54) is 11.3 Å². The molecule has 1 aliphatic carbocycles. The zero-order valence-electron chi connectivity index (χ0n) is 16.8. The van der Waals surface area contributed by atoms with Crippen molar-refractivity contribution in [2.75, 3.05) is 4.90 Å². The number of hydrogen-bond donors (Lipinski definition) is 0. The molecule has 0 spiro atoms. The first-order chi connectivity index (χ1) is 14.5. The maximum Gasteiger partial charge on any atom is 0.296 e. The van der Waals surface area contributed by atoms with Crippen molar-refractivity contribution >= 4 is 39.8 Å². The van der Waals surface area contributed by atoms with Gasteiger partial charge in [0.25, 0.3) is 5.91 Å². The quantitative estimate of drug-likeness (QED) is 0.667. The van der Waals surface area contributed by atoms with Gasteiger partial charge in [-0.2, -0.15) is 0 Å². The number of nitrogens with zero attached hydrogens (tertiary/aromatic N) is 3. The number of rotatable bonds is 3. The van der Waals surface area contributed by atoms with Gasteiger partial charge in [0.2, 0.25) is 5.13 Å². The van der Waals surface area contributed by atoms with Crippen LogP contribution in [0.5, 0.6) is 0 Å². The largest absolute Gasteiger partial charge is 0.483 e. The first kappa shape index (κ1) is 19.7. The fourth-order valence-electron chi connectivity index (χ4n) is 4.56. The van der Waals surface area contributed by atoms with E-state index in [1.54, 1.807) is 4.90 Å². The van der Waals surface area contributed by atoms with Crippen LogP contribution in [-0.2, 0) is 20.7 Å². The molecule has 6 nitrogen and oxygen atoms in total. The van der Waals surface area contributed by atoms with Crippen LogP contribution in [-0.4, -0.2) is 33.4 Å². The summed E-state index contributed by atoms with van der Waals surface area (Å²) < 4.78 is 6.17. The van der Waals surface area contributed by atoms with Crippen LogP contribution in [0.2, 0.25) is 0 Å². The SMILES string of the molecule is CCc1nnc(N2C(=O)C3=C(C(=O)C4CC(Cl)CCC4O3)C2c2ccc(C)cc2)s1. The fraction of sp³-hybridized carbons (Fsp3) is 0.455. The smallest absolute Gasteiger partial charge is 0.296 e. The van der Waals surface area contributed by atoms with E-state index in [-0.39, 0.29) is 34.8 Å². The molecule has 1 amide bonds. The summed E-state index contributed by atoms with van der Waals surface area (Å²) in [6.45, 7) is 4.00. The van der Waals surface area contributed by atoms with Gasteiger partial charge in [-0.1, -0.05) is 48.1 Å². The Balaban J connectivity index is 1.63. The standard InChI is InChI=1S/C22H22ClN3O3S/c1-3-16-24-25-22(30-16)26-18(12-6-4-11(2)5-7-12)17-19(27)14-10-13(23)8-9-15(14)29-20(17)21(26)28/h4-7,13-15,18H,3,8-10H2,1-2H3. The van der Waals surface area contributed by atoms with E-state index < -0.39 is 6.04 Å². The Morgan fingerprint density at radius 1 is 1.20 bits per heavy atom. The lowest BCUT2D eigenvalue weighted by Gasteiger charge is -2.37. The molecule has 3 aliphatic rings. The molecular weight excluding hydrogens is 422 g/mol. The highest BCUT2D eigenvalue weighted by molar-refractivity contribution is 7.15. The lowest BCUT2D eigenvalue weighted by Crippen LogP contribution is -2.41. The number of hydrogen-bond acceptors (Lipinski definition) is 6. The fourth-order valence-corrected chi connectivity index (χ4v) is 5.68. The Kier molecular flexibility index (Phi) is 4.90. The zero-order valence-corrected chi connectivity index (χ0v) is 18.4. The molecule has 5 rings (SSSR count). The average Bonchev–Trinajstić information content (AvgIpc) is 3.32. The summed E-state index contributed by atoms with van der Waals surface area (Å²) in [5, 5.41) is 9.74. The van der Waals surface area contributed by atoms with Gasteiger partial charge in [-0.05, 0) is 38.2 Å². The van der Waals surface area contributed by atoms with Crippen molar-refractivity contribution in [2.45, 2.75) is 57.1 Å². The predicted molar refractivity (Wildman–Crippen MR) is 115 cm³/mol. The third-order valence-corrected chi connectivity index (χ3v) is 7.60. The lowest BCUT2D eigenvalue weighted by molar-refractivity contribution is -0.131. The molecule has 1 aromatic heterocycles. The van der Waals surface area contributed by atoms with E-state index >= 15 is 0 Å². The van der Waals surface area contributed by atoms with Crippen LogP contribution in [0.3, 0.4) is 0 Å². The highest BCUT2D eigenvalue weighted by atomic mass is 35.5. The Labute approximate surface area is 183 Å². The number of Topliss-reactive ketones (excluding diaryl/α,β-unsaturated/α-hetero) is 1. The van der Waals surface area contributed by atoms with Gasteiger partial charge in [0, 0.05) is 5.38 Å². The molecular formula is C22H22ClN3O3S. The van der Waals surface area contributed by atoms with E-state index in [0.29, 0.717) is 23.5 Å². The van der Waals surface area contributed by atoms with Crippen LogP contribution in [0, 0.1) is 12.8 Å². The molecule has 4 unspecified atom stereocenters. The topological polar surface area (TPSA) is 72.4 Å². The molecule has 3 heterocycles. The summed E-state index contributed by atoms with van der Waals surface area (Å²) in [4.78, 5) is 28.7. The minimum atomic E-state index is -0.560. The van der Waals surface area contributed by atoms with Crippen molar-refractivity contribution in [2.24, 2.45) is 5.92 Å². The number of alkyl halides is 1. The van der Waals surface area contributed by atoms with Crippen LogP contribution in [0.4, 0.5) is 5.13 Å². The molecule has 156 valence electrons. The summed E-state index contributed by atoms with van der Waals surface area (Å²) in [6.07, 6.45) is 2.50. The maximum absolute atomic E-state index is 13.6. The summed E-state index contributed by atoms with van der Waals surface area (Å²) in [5.41, 5.74) is 2.40. The molecule has 30 heavy (non-hydrogen) atoms. The Morgan fingerprint density at radius 3 is 2.67 bits per heavy atom. The number of fused-ring (bicyclic) bond motifs is 1.